The van der Waals surface area contributed by atoms with Crippen LogP contribution in [0, 0.1) is 5.82 Å². The molecule has 0 saturated carbocycles. The summed E-state index contributed by atoms with van der Waals surface area (Å²) in [6.07, 6.45) is 0.877. The van der Waals surface area contributed by atoms with Crippen LogP contribution in [-0.4, -0.2) is 48.3 Å². The summed E-state index contributed by atoms with van der Waals surface area (Å²) in [5.74, 6) is -0.739. The van der Waals surface area contributed by atoms with E-state index in [2.05, 4.69) is 10.6 Å². The third-order valence-electron chi connectivity index (χ3n) is 5.22. The van der Waals surface area contributed by atoms with E-state index in [0.29, 0.717) is 39.8 Å². The number of aldehydes is 2. The maximum absolute atomic E-state index is 14.5. The molecule has 1 unspecified atom stereocenters. The molecule has 0 aliphatic rings. The summed E-state index contributed by atoms with van der Waals surface area (Å²) < 4.78 is 14.5. The molecule has 0 radical (unpaired) electrons. The molecule has 1 amide bonds. The molecular weight excluding hydrogens is 435 g/mol. The van der Waals surface area contributed by atoms with Crippen molar-refractivity contribution < 1.29 is 23.9 Å². The molecule has 172 valence electrons. The predicted molar refractivity (Wildman–Crippen MR) is 121 cm³/mol. The minimum Gasteiger partial charge on any atom is -0.381 e. The van der Waals surface area contributed by atoms with Gasteiger partial charge in [0.05, 0.1) is 4.90 Å². The smallest absolute Gasteiger partial charge is 0.219 e. The summed E-state index contributed by atoms with van der Waals surface area (Å²) in [7, 11) is 2.99. The minimum absolute atomic E-state index is 0.0292. The Morgan fingerprint density at radius 3 is 2.62 bits per heavy atom. The van der Waals surface area contributed by atoms with Crippen LogP contribution in [0.4, 0.5) is 10.1 Å². The fourth-order valence-corrected chi connectivity index (χ4v) is 3.56. The first kappa shape index (κ1) is 25.5. The molecule has 5 N–H and O–H groups in total. The van der Waals surface area contributed by atoms with Gasteiger partial charge in [0, 0.05) is 49.8 Å². The van der Waals surface area contributed by atoms with Crippen LogP contribution in [0.5, 0.6) is 0 Å². The second kappa shape index (κ2) is 11.7. The molecule has 0 spiro atoms. The first-order valence-electron chi connectivity index (χ1n) is 9.85. The molecule has 8 nitrogen and oxygen atoms in total. The minimum atomic E-state index is -1.90. The summed E-state index contributed by atoms with van der Waals surface area (Å²) in [5, 5.41) is 21.8. The van der Waals surface area contributed by atoms with E-state index >= 15 is 0 Å². The topological polar surface area (TPSA) is 125 Å². The molecule has 10 heteroatoms. The summed E-state index contributed by atoms with van der Waals surface area (Å²) in [5.41, 5.74) is -0.0842. The van der Waals surface area contributed by atoms with Crippen molar-refractivity contribution in [3.63, 3.8) is 0 Å². The number of benzene rings is 2. The van der Waals surface area contributed by atoms with E-state index in [1.165, 1.54) is 19.0 Å². The third kappa shape index (κ3) is 6.13. The molecule has 0 saturated heterocycles. The quantitative estimate of drug-likeness (QED) is 0.215. The van der Waals surface area contributed by atoms with E-state index < -0.39 is 11.5 Å². The number of hydrogen-bond acceptors (Lipinski definition) is 8. The van der Waals surface area contributed by atoms with Gasteiger partial charge in [-0.15, -0.1) is 0 Å². The van der Waals surface area contributed by atoms with Crippen molar-refractivity contribution in [2.24, 2.45) is 5.14 Å². The molecule has 0 aliphatic heterocycles. The average molecular weight is 463 g/mol. The largest absolute Gasteiger partial charge is 0.381 e. The van der Waals surface area contributed by atoms with Crippen LogP contribution in [0.25, 0.3) is 0 Å². The zero-order chi connectivity index (χ0) is 23.7. The lowest BCUT2D eigenvalue weighted by Crippen LogP contribution is -2.48. The highest BCUT2D eigenvalue weighted by molar-refractivity contribution is 7.97. The number of likely N-dealkylation sites (N-methyl/N-ethyl adjacent to an activating group) is 1. The number of amides is 1. The van der Waals surface area contributed by atoms with Crippen molar-refractivity contribution in [1.29, 1.82) is 0 Å². The van der Waals surface area contributed by atoms with Gasteiger partial charge in [0.1, 0.15) is 12.1 Å². The van der Waals surface area contributed by atoms with Crippen molar-refractivity contribution in [1.82, 2.24) is 10.2 Å². The molecule has 1 atom stereocenters. The SMILES string of the molecule is CNC(=O)CCC(O)(C=O)N(C)Cc1c(C=O)cccc1NCc1cccc(SN)c1F. The summed E-state index contributed by atoms with van der Waals surface area (Å²) in [6.45, 7) is 0.162. The van der Waals surface area contributed by atoms with Gasteiger partial charge in [-0.05, 0) is 36.7 Å². The first-order chi connectivity index (χ1) is 15.3. The molecular formula is C22H27FN4O4S. The van der Waals surface area contributed by atoms with E-state index in [9.17, 15) is 23.9 Å². The molecule has 0 heterocycles. The van der Waals surface area contributed by atoms with Crippen molar-refractivity contribution in [3.8, 4) is 0 Å². The molecule has 0 bridgehead atoms. The van der Waals surface area contributed by atoms with E-state index in [0.717, 1.165) is 11.9 Å². The first-order valence-corrected chi connectivity index (χ1v) is 10.7. The van der Waals surface area contributed by atoms with E-state index in [-0.39, 0.29) is 31.8 Å². The lowest BCUT2D eigenvalue weighted by atomic mass is 10.0. The summed E-state index contributed by atoms with van der Waals surface area (Å²) in [6, 6.07) is 9.91. The fraction of sp³-hybridized carbons (Fsp3) is 0.318. The van der Waals surface area contributed by atoms with E-state index in [4.69, 9.17) is 5.14 Å². The van der Waals surface area contributed by atoms with Gasteiger partial charge in [-0.2, -0.15) is 0 Å². The Kier molecular flexibility index (Phi) is 9.33. The second-order valence-electron chi connectivity index (χ2n) is 7.22. The number of carbonyl (C=O) groups excluding carboxylic acids is 3. The van der Waals surface area contributed by atoms with Crippen LogP contribution in [0.15, 0.2) is 41.3 Å². The Morgan fingerprint density at radius 2 is 2.00 bits per heavy atom. The number of hydrogen-bond donors (Lipinski definition) is 4. The highest BCUT2D eigenvalue weighted by Crippen LogP contribution is 2.26. The normalized spacial score (nSPS) is 12.8. The fourth-order valence-electron chi connectivity index (χ4n) is 3.17. The maximum atomic E-state index is 14.5. The number of carbonyl (C=O) groups is 3. The number of halogens is 1. The second-order valence-corrected chi connectivity index (χ2v) is 7.89. The van der Waals surface area contributed by atoms with Crippen LogP contribution in [0.2, 0.25) is 0 Å². The summed E-state index contributed by atoms with van der Waals surface area (Å²) >= 11 is 0.817. The zero-order valence-corrected chi connectivity index (χ0v) is 18.7. The summed E-state index contributed by atoms with van der Waals surface area (Å²) in [4.78, 5) is 36.5. The molecule has 0 aromatic heterocycles. The number of aliphatic hydroxyl groups is 1. The number of nitrogens with two attached hydrogens (primary N) is 1. The van der Waals surface area contributed by atoms with Crippen LogP contribution >= 0.6 is 11.9 Å². The molecule has 32 heavy (non-hydrogen) atoms. The predicted octanol–water partition coefficient (Wildman–Crippen LogP) is 2.06. The van der Waals surface area contributed by atoms with Gasteiger partial charge in [0.2, 0.25) is 5.91 Å². The molecule has 2 aromatic carbocycles. The zero-order valence-electron chi connectivity index (χ0n) is 17.9. The highest BCUT2D eigenvalue weighted by Gasteiger charge is 2.32. The molecule has 2 rings (SSSR count). The van der Waals surface area contributed by atoms with Gasteiger partial charge < -0.3 is 15.7 Å². The number of anilines is 1. The van der Waals surface area contributed by atoms with E-state index in [1.807, 2.05) is 0 Å². The monoisotopic (exact) mass is 462 g/mol. The standard InChI is InChI=1S/C22H27FN4O4S/c1-25-20(30)9-10-22(31,14-29)27(2)12-17-16(13-28)6-3-7-18(17)26-11-15-5-4-8-19(32-24)21(15)23/h3-8,13-14,26,31H,9-12,24H2,1-2H3,(H,25,30). The van der Waals surface area contributed by atoms with Gasteiger partial charge in [-0.3, -0.25) is 24.4 Å². The molecule has 2 aromatic rings. The Bertz CT molecular complexity index is 975. The molecule has 0 aliphatic carbocycles. The lowest BCUT2D eigenvalue weighted by Gasteiger charge is -2.33. The van der Waals surface area contributed by atoms with Crippen molar-refractivity contribution in [2.45, 2.75) is 36.6 Å². The number of nitrogens with one attached hydrogen (secondary N) is 2. The average Bonchev–Trinajstić information content (AvgIpc) is 2.82. The maximum Gasteiger partial charge on any atom is 0.219 e. The Labute approximate surface area is 190 Å². The van der Waals surface area contributed by atoms with Gasteiger partial charge in [-0.1, -0.05) is 24.3 Å². The van der Waals surface area contributed by atoms with Gasteiger partial charge >= 0.3 is 0 Å². The Hall–Kier alpha value is -2.79. The van der Waals surface area contributed by atoms with Crippen LogP contribution < -0.4 is 15.8 Å². The van der Waals surface area contributed by atoms with Crippen LogP contribution in [-0.2, 0) is 22.7 Å². The third-order valence-corrected chi connectivity index (χ3v) is 5.79. The van der Waals surface area contributed by atoms with E-state index in [1.54, 1.807) is 36.4 Å². The van der Waals surface area contributed by atoms with Crippen LogP contribution in [0.1, 0.15) is 34.3 Å². The van der Waals surface area contributed by atoms with Crippen molar-refractivity contribution in [3.05, 3.63) is 58.9 Å². The van der Waals surface area contributed by atoms with Gasteiger partial charge in [-0.25, -0.2) is 4.39 Å². The van der Waals surface area contributed by atoms with Crippen molar-refractivity contribution >= 4 is 36.1 Å². The van der Waals surface area contributed by atoms with Crippen LogP contribution in [0.3, 0.4) is 0 Å². The Balaban J connectivity index is 2.27. The van der Waals surface area contributed by atoms with Gasteiger partial charge in [0.25, 0.3) is 0 Å². The van der Waals surface area contributed by atoms with Crippen molar-refractivity contribution in [2.75, 3.05) is 19.4 Å². The number of rotatable bonds is 12. The number of nitrogens with zero attached hydrogens (tertiary/aromatic N) is 1. The highest BCUT2D eigenvalue weighted by atomic mass is 32.2. The Morgan fingerprint density at radius 1 is 1.28 bits per heavy atom. The van der Waals surface area contributed by atoms with Gasteiger partial charge in [0.15, 0.2) is 12.0 Å². The lowest BCUT2D eigenvalue weighted by molar-refractivity contribution is -0.148. The molecule has 0 fully saturated rings.